The van der Waals surface area contributed by atoms with Gasteiger partial charge in [-0.3, -0.25) is 0 Å². The Morgan fingerprint density at radius 1 is 1.47 bits per heavy atom. The molecule has 0 amide bonds. The summed E-state index contributed by atoms with van der Waals surface area (Å²) in [5.41, 5.74) is 0.913. The van der Waals surface area contributed by atoms with Crippen LogP contribution in [0.2, 0.25) is 5.02 Å². The van der Waals surface area contributed by atoms with Crippen molar-refractivity contribution in [3.8, 4) is 5.82 Å². The summed E-state index contributed by atoms with van der Waals surface area (Å²) in [5.74, 6) is 1.09. The fourth-order valence-corrected chi connectivity index (χ4v) is 1.35. The minimum absolute atomic E-state index is 0.470. The SMILES string of the molecule is CNc1ncc(Cl)c(-n2ccc(C)n2)n1. The second-order valence-electron chi connectivity index (χ2n) is 3.02. The monoisotopic (exact) mass is 223 g/mol. The first kappa shape index (κ1) is 9.92. The van der Waals surface area contributed by atoms with Gasteiger partial charge in [-0.2, -0.15) is 10.1 Å². The molecule has 0 aliphatic rings. The van der Waals surface area contributed by atoms with E-state index < -0.39 is 0 Å². The maximum Gasteiger partial charge on any atom is 0.224 e. The van der Waals surface area contributed by atoms with E-state index in [9.17, 15) is 0 Å². The molecule has 0 radical (unpaired) electrons. The lowest BCUT2D eigenvalue weighted by Gasteiger charge is -2.04. The van der Waals surface area contributed by atoms with Crippen LogP contribution in [0.25, 0.3) is 5.82 Å². The van der Waals surface area contributed by atoms with Crippen LogP contribution in [-0.2, 0) is 0 Å². The zero-order valence-corrected chi connectivity index (χ0v) is 9.15. The van der Waals surface area contributed by atoms with E-state index in [1.54, 1.807) is 17.9 Å². The van der Waals surface area contributed by atoms with Crippen LogP contribution >= 0.6 is 11.6 Å². The van der Waals surface area contributed by atoms with E-state index in [0.29, 0.717) is 16.8 Å². The highest BCUT2D eigenvalue weighted by Gasteiger charge is 2.07. The van der Waals surface area contributed by atoms with Crippen molar-refractivity contribution in [2.45, 2.75) is 6.92 Å². The summed E-state index contributed by atoms with van der Waals surface area (Å²) in [4.78, 5) is 8.22. The topological polar surface area (TPSA) is 55.6 Å². The first-order chi connectivity index (χ1) is 7.20. The maximum atomic E-state index is 5.98. The number of hydrogen-bond donors (Lipinski definition) is 1. The molecule has 1 N–H and O–H groups in total. The van der Waals surface area contributed by atoms with Crippen LogP contribution in [0.4, 0.5) is 5.95 Å². The predicted molar refractivity (Wildman–Crippen MR) is 58.4 cm³/mol. The van der Waals surface area contributed by atoms with Crippen molar-refractivity contribution >= 4 is 17.5 Å². The summed E-state index contributed by atoms with van der Waals surface area (Å²) in [6.45, 7) is 1.91. The van der Waals surface area contributed by atoms with Gasteiger partial charge in [0.1, 0.15) is 5.02 Å². The van der Waals surface area contributed by atoms with Crippen molar-refractivity contribution in [3.05, 3.63) is 29.2 Å². The normalized spacial score (nSPS) is 10.3. The van der Waals surface area contributed by atoms with Crippen molar-refractivity contribution in [2.75, 3.05) is 12.4 Å². The molecule has 0 aromatic carbocycles. The summed E-state index contributed by atoms with van der Waals surface area (Å²) in [7, 11) is 1.75. The highest BCUT2D eigenvalue weighted by atomic mass is 35.5. The largest absolute Gasteiger partial charge is 0.357 e. The fourth-order valence-electron chi connectivity index (χ4n) is 1.17. The Bertz CT molecular complexity index is 479. The number of rotatable bonds is 2. The zero-order valence-electron chi connectivity index (χ0n) is 8.40. The van der Waals surface area contributed by atoms with Gasteiger partial charge in [0.25, 0.3) is 0 Å². The Kier molecular flexibility index (Phi) is 2.55. The van der Waals surface area contributed by atoms with Gasteiger partial charge in [-0.25, -0.2) is 9.67 Å². The standard InChI is InChI=1S/C9H10ClN5/c1-6-3-4-15(14-6)8-7(10)5-12-9(11-2)13-8/h3-5H,1-2H3,(H,11,12,13). The van der Waals surface area contributed by atoms with Gasteiger partial charge in [0, 0.05) is 13.2 Å². The molecule has 2 aromatic rings. The van der Waals surface area contributed by atoms with E-state index in [4.69, 9.17) is 11.6 Å². The van der Waals surface area contributed by atoms with Gasteiger partial charge in [-0.15, -0.1) is 0 Å². The Morgan fingerprint density at radius 2 is 2.27 bits per heavy atom. The van der Waals surface area contributed by atoms with Crippen LogP contribution < -0.4 is 5.32 Å². The third-order valence-electron chi connectivity index (χ3n) is 1.89. The summed E-state index contributed by atoms with van der Waals surface area (Å²) in [5, 5.41) is 7.55. The molecule has 6 heteroatoms. The van der Waals surface area contributed by atoms with Crippen LogP contribution in [0.3, 0.4) is 0 Å². The van der Waals surface area contributed by atoms with E-state index >= 15 is 0 Å². The van der Waals surface area contributed by atoms with Crippen LogP contribution in [-0.4, -0.2) is 26.8 Å². The van der Waals surface area contributed by atoms with Crippen molar-refractivity contribution in [1.82, 2.24) is 19.7 Å². The molecule has 0 aliphatic heterocycles. The predicted octanol–water partition coefficient (Wildman–Crippen LogP) is 1.67. The van der Waals surface area contributed by atoms with E-state index in [0.717, 1.165) is 5.69 Å². The van der Waals surface area contributed by atoms with E-state index in [1.165, 1.54) is 0 Å². The molecule has 0 aliphatic carbocycles. The number of hydrogen-bond acceptors (Lipinski definition) is 4. The zero-order chi connectivity index (χ0) is 10.8. The summed E-state index contributed by atoms with van der Waals surface area (Å²) in [6, 6.07) is 1.89. The van der Waals surface area contributed by atoms with Gasteiger partial charge in [0.15, 0.2) is 5.82 Å². The highest BCUT2D eigenvalue weighted by molar-refractivity contribution is 6.32. The van der Waals surface area contributed by atoms with Crippen LogP contribution in [0, 0.1) is 6.92 Å². The van der Waals surface area contributed by atoms with Gasteiger partial charge in [-0.05, 0) is 13.0 Å². The van der Waals surface area contributed by atoms with Gasteiger partial charge >= 0.3 is 0 Å². The first-order valence-corrected chi connectivity index (χ1v) is 4.81. The Labute approximate surface area is 92.1 Å². The van der Waals surface area contributed by atoms with Gasteiger partial charge in [0.05, 0.1) is 11.9 Å². The van der Waals surface area contributed by atoms with Crippen molar-refractivity contribution in [2.24, 2.45) is 0 Å². The molecule has 15 heavy (non-hydrogen) atoms. The molecule has 2 aromatic heterocycles. The number of halogens is 1. The number of nitrogens with zero attached hydrogens (tertiary/aromatic N) is 4. The van der Waals surface area contributed by atoms with E-state index in [-0.39, 0.29) is 0 Å². The number of nitrogens with one attached hydrogen (secondary N) is 1. The average Bonchev–Trinajstić information content (AvgIpc) is 2.65. The molecule has 0 saturated carbocycles. The molecule has 0 saturated heterocycles. The van der Waals surface area contributed by atoms with Crippen molar-refractivity contribution in [3.63, 3.8) is 0 Å². The molecule has 78 valence electrons. The lowest BCUT2D eigenvalue weighted by atomic mass is 10.5. The molecule has 5 nitrogen and oxygen atoms in total. The lowest BCUT2D eigenvalue weighted by Crippen LogP contribution is -2.04. The lowest BCUT2D eigenvalue weighted by molar-refractivity contribution is 0.827. The van der Waals surface area contributed by atoms with Gasteiger partial charge < -0.3 is 5.32 Å². The smallest absolute Gasteiger partial charge is 0.224 e. The average molecular weight is 224 g/mol. The fraction of sp³-hybridized carbons (Fsp3) is 0.222. The molecular formula is C9H10ClN5. The summed E-state index contributed by atoms with van der Waals surface area (Å²) >= 11 is 5.98. The maximum absolute atomic E-state index is 5.98. The molecule has 0 spiro atoms. The van der Waals surface area contributed by atoms with Crippen LogP contribution in [0.1, 0.15) is 5.69 Å². The summed E-state index contributed by atoms with van der Waals surface area (Å²) in [6.07, 6.45) is 3.36. The minimum atomic E-state index is 0.470. The molecule has 0 bridgehead atoms. The first-order valence-electron chi connectivity index (χ1n) is 4.43. The Hall–Kier alpha value is -1.62. The van der Waals surface area contributed by atoms with Crippen molar-refractivity contribution in [1.29, 1.82) is 0 Å². The van der Waals surface area contributed by atoms with E-state index in [2.05, 4.69) is 20.4 Å². The Morgan fingerprint density at radius 3 is 2.87 bits per heavy atom. The molecular weight excluding hydrogens is 214 g/mol. The molecule has 0 atom stereocenters. The van der Waals surface area contributed by atoms with Crippen LogP contribution in [0.15, 0.2) is 18.5 Å². The molecule has 2 heterocycles. The number of aryl methyl sites for hydroxylation is 1. The van der Waals surface area contributed by atoms with E-state index in [1.807, 2.05) is 19.2 Å². The molecule has 0 fully saturated rings. The van der Waals surface area contributed by atoms with Gasteiger partial charge in [-0.1, -0.05) is 11.6 Å². The summed E-state index contributed by atoms with van der Waals surface area (Å²) < 4.78 is 1.63. The van der Waals surface area contributed by atoms with Crippen molar-refractivity contribution < 1.29 is 0 Å². The highest BCUT2D eigenvalue weighted by Crippen LogP contribution is 2.17. The number of anilines is 1. The second kappa shape index (κ2) is 3.86. The second-order valence-corrected chi connectivity index (χ2v) is 3.42. The molecule has 2 rings (SSSR count). The minimum Gasteiger partial charge on any atom is -0.357 e. The third-order valence-corrected chi connectivity index (χ3v) is 2.16. The Balaban J connectivity index is 2.51. The quantitative estimate of drug-likeness (QED) is 0.842. The number of aromatic nitrogens is 4. The third kappa shape index (κ3) is 1.92. The molecule has 0 unspecified atom stereocenters. The van der Waals surface area contributed by atoms with Crippen LogP contribution in [0.5, 0.6) is 0 Å². The van der Waals surface area contributed by atoms with Gasteiger partial charge in [0.2, 0.25) is 5.95 Å².